The quantitative estimate of drug-likeness (QED) is 0.410. The SMILES string of the molecule is CCNC(=NCCCCN1CCN(C)CC1)NC1CC2CCC1O2. The van der Waals surface area contributed by atoms with E-state index in [0.29, 0.717) is 18.2 Å². The second kappa shape index (κ2) is 9.02. The van der Waals surface area contributed by atoms with Crippen molar-refractivity contribution in [1.82, 2.24) is 20.4 Å². The molecule has 0 aromatic carbocycles. The Kier molecular flexibility index (Phi) is 6.75. The Hall–Kier alpha value is -0.850. The number of fused-ring (bicyclic) bond motifs is 2. The molecular formula is C18H35N5O. The number of piperazine rings is 1. The van der Waals surface area contributed by atoms with Gasteiger partial charge in [-0.2, -0.15) is 0 Å². The summed E-state index contributed by atoms with van der Waals surface area (Å²) in [5.41, 5.74) is 0. The van der Waals surface area contributed by atoms with Crippen LogP contribution < -0.4 is 10.6 Å². The van der Waals surface area contributed by atoms with Gasteiger partial charge in [0, 0.05) is 39.3 Å². The highest BCUT2D eigenvalue weighted by atomic mass is 16.5. The van der Waals surface area contributed by atoms with E-state index in [1.54, 1.807) is 0 Å². The highest BCUT2D eigenvalue weighted by Crippen LogP contribution is 2.34. The summed E-state index contributed by atoms with van der Waals surface area (Å²) in [6.07, 6.45) is 6.86. The number of nitrogens with zero attached hydrogens (tertiary/aromatic N) is 3. The van der Waals surface area contributed by atoms with Gasteiger partial charge in [-0.25, -0.2) is 0 Å². The lowest BCUT2D eigenvalue weighted by molar-refractivity contribution is 0.0992. The number of nitrogens with one attached hydrogen (secondary N) is 2. The van der Waals surface area contributed by atoms with E-state index in [0.717, 1.165) is 31.9 Å². The van der Waals surface area contributed by atoms with E-state index in [9.17, 15) is 0 Å². The van der Waals surface area contributed by atoms with Gasteiger partial charge in [-0.3, -0.25) is 4.99 Å². The lowest BCUT2D eigenvalue weighted by Gasteiger charge is -2.32. The second-order valence-electron chi connectivity index (χ2n) is 7.47. The average molecular weight is 338 g/mol. The first-order valence-corrected chi connectivity index (χ1v) is 9.86. The van der Waals surface area contributed by atoms with E-state index in [2.05, 4.69) is 34.4 Å². The fourth-order valence-electron chi connectivity index (χ4n) is 3.99. The fourth-order valence-corrected chi connectivity index (χ4v) is 3.99. The van der Waals surface area contributed by atoms with Gasteiger partial charge in [0.25, 0.3) is 0 Å². The third-order valence-corrected chi connectivity index (χ3v) is 5.52. The van der Waals surface area contributed by atoms with Crippen molar-refractivity contribution in [2.45, 2.75) is 57.3 Å². The molecule has 3 fully saturated rings. The third kappa shape index (κ3) is 5.07. The van der Waals surface area contributed by atoms with E-state index < -0.39 is 0 Å². The van der Waals surface area contributed by atoms with E-state index in [4.69, 9.17) is 9.73 Å². The van der Waals surface area contributed by atoms with Crippen LogP contribution in [0.15, 0.2) is 4.99 Å². The number of likely N-dealkylation sites (N-methyl/N-ethyl adjacent to an activating group) is 1. The van der Waals surface area contributed by atoms with Crippen molar-refractivity contribution in [3.05, 3.63) is 0 Å². The normalized spacial score (nSPS) is 31.6. The number of rotatable bonds is 7. The lowest BCUT2D eigenvalue weighted by Crippen LogP contribution is -2.47. The summed E-state index contributed by atoms with van der Waals surface area (Å²) in [5, 5.41) is 6.97. The molecule has 6 heteroatoms. The molecular weight excluding hydrogens is 302 g/mol. The van der Waals surface area contributed by atoms with Crippen LogP contribution in [-0.2, 0) is 4.74 Å². The molecule has 2 N–H and O–H groups in total. The molecule has 0 aliphatic carbocycles. The third-order valence-electron chi connectivity index (χ3n) is 5.52. The van der Waals surface area contributed by atoms with Gasteiger partial charge < -0.3 is 25.2 Å². The predicted octanol–water partition coefficient (Wildman–Crippen LogP) is 0.889. The summed E-state index contributed by atoms with van der Waals surface area (Å²) >= 11 is 0. The van der Waals surface area contributed by atoms with Gasteiger partial charge in [0.05, 0.1) is 18.2 Å². The molecule has 2 bridgehead atoms. The minimum atomic E-state index is 0.399. The van der Waals surface area contributed by atoms with E-state index >= 15 is 0 Å². The maximum Gasteiger partial charge on any atom is 0.191 e. The number of guanidine groups is 1. The molecule has 3 rings (SSSR count). The summed E-state index contributed by atoms with van der Waals surface area (Å²) in [6.45, 7) is 10.0. The Balaban J connectivity index is 1.33. The zero-order valence-electron chi connectivity index (χ0n) is 15.5. The maximum absolute atomic E-state index is 5.93. The van der Waals surface area contributed by atoms with Crippen molar-refractivity contribution in [2.75, 3.05) is 52.9 Å². The number of hydrogen-bond donors (Lipinski definition) is 2. The van der Waals surface area contributed by atoms with Crippen LogP contribution in [0.4, 0.5) is 0 Å². The summed E-state index contributed by atoms with van der Waals surface area (Å²) in [5.74, 6) is 0.971. The average Bonchev–Trinajstić information content (AvgIpc) is 3.19. The maximum atomic E-state index is 5.93. The zero-order valence-corrected chi connectivity index (χ0v) is 15.5. The first-order chi connectivity index (χ1) is 11.7. The van der Waals surface area contributed by atoms with Crippen LogP contribution in [0.3, 0.4) is 0 Å². The van der Waals surface area contributed by atoms with Gasteiger partial charge in [-0.05, 0) is 52.6 Å². The number of unbranched alkanes of at least 4 members (excludes halogenated alkanes) is 1. The Morgan fingerprint density at radius 2 is 2.00 bits per heavy atom. The predicted molar refractivity (Wildman–Crippen MR) is 98.6 cm³/mol. The van der Waals surface area contributed by atoms with Crippen LogP contribution in [0, 0.1) is 0 Å². The molecule has 24 heavy (non-hydrogen) atoms. The summed E-state index contributed by atoms with van der Waals surface area (Å²) in [7, 11) is 2.21. The monoisotopic (exact) mass is 337 g/mol. The Bertz CT molecular complexity index is 408. The van der Waals surface area contributed by atoms with E-state index in [-0.39, 0.29) is 0 Å². The fraction of sp³-hybridized carbons (Fsp3) is 0.944. The van der Waals surface area contributed by atoms with Crippen LogP contribution in [0.5, 0.6) is 0 Å². The molecule has 6 nitrogen and oxygen atoms in total. The van der Waals surface area contributed by atoms with E-state index in [1.165, 1.54) is 52.0 Å². The van der Waals surface area contributed by atoms with Crippen molar-refractivity contribution in [3.63, 3.8) is 0 Å². The van der Waals surface area contributed by atoms with Crippen LogP contribution in [0.2, 0.25) is 0 Å². The van der Waals surface area contributed by atoms with Crippen molar-refractivity contribution >= 4 is 5.96 Å². The molecule has 3 heterocycles. The number of ether oxygens (including phenoxy) is 1. The molecule has 138 valence electrons. The molecule has 0 aromatic rings. The molecule has 0 amide bonds. The van der Waals surface area contributed by atoms with Crippen molar-refractivity contribution < 1.29 is 4.74 Å². The molecule has 0 aromatic heterocycles. The lowest BCUT2D eigenvalue weighted by atomic mass is 9.96. The largest absolute Gasteiger partial charge is 0.373 e. The van der Waals surface area contributed by atoms with Crippen LogP contribution >= 0.6 is 0 Å². The Morgan fingerprint density at radius 3 is 2.67 bits per heavy atom. The van der Waals surface area contributed by atoms with Gasteiger partial charge in [-0.1, -0.05) is 0 Å². The standard InChI is InChI=1S/C18H35N5O/c1-3-19-18(21-16-14-15-6-7-17(16)24-15)20-8-4-5-9-23-12-10-22(2)11-13-23/h15-17H,3-14H2,1-2H3,(H2,19,20,21). The first kappa shape index (κ1) is 18.0. The van der Waals surface area contributed by atoms with Gasteiger partial charge in [-0.15, -0.1) is 0 Å². The second-order valence-corrected chi connectivity index (χ2v) is 7.47. The van der Waals surface area contributed by atoms with Gasteiger partial charge >= 0.3 is 0 Å². The topological polar surface area (TPSA) is 52.1 Å². The highest BCUT2D eigenvalue weighted by Gasteiger charge is 2.41. The first-order valence-electron chi connectivity index (χ1n) is 9.86. The smallest absolute Gasteiger partial charge is 0.191 e. The highest BCUT2D eigenvalue weighted by molar-refractivity contribution is 5.80. The van der Waals surface area contributed by atoms with Gasteiger partial charge in [0.1, 0.15) is 0 Å². The summed E-state index contributed by atoms with van der Waals surface area (Å²) in [6, 6.07) is 0.451. The van der Waals surface area contributed by atoms with Gasteiger partial charge in [0.2, 0.25) is 0 Å². The molecule has 3 atom stereocenters. The van der Waals surface area contributed by atoms with Crippen molar-refractivity contribution in [1.29, 1.82) is 0 Å². The van der Waals surface area contributed by atoms with E-state index in [1.807, 2.05) is 0 Å². The minimum Gasteiger partial charge on any atom is -0.373 e. The van der Waals surface area contributed by atoms with Crippen LogP contribution in [0.25, 0.3) is 0 Å². The van der Waals surface area contributed by atoms with Crippen molar-refractivity contribution in [2.24, 2.45) is 4.99 Å². The van der Waals surface area contributed by atoms with Gasteiger partial charge in [0.15, 0.2) is 5.96 Å². The van der Waals surface area contributed by atoms with Crippen molar-refractivity contribution in [3.8, 4) is 0 Å². The Morgan fingerprint density at radius 1 is 1.17 bits per heavy atom. The summed E-state index contributed by atoms with van der Waals surface area (Å²) < 4.78 is 5.93. The number of aliphatic imine (C=N–C) groups is 1. The zero-order chi connectivity index (χ0) is 16.8. The molecule has 0 radical (unpaired) electrons. The molecule has 0 saturated carbocycles. The molecule has 3 unspecified atom stereocenters. The summed E-state index contributed by atoms with van der Waals surface area (Å²) in [4.78, 5) is 9.76. The Labute approximate surface area is 147 Å². The molecule has 3 aliphatic rings. The molecule has 0 spiro atoms. The number of hydrogen-bond acceptors (Lipinski definition) is 4. The van der Waals surface area contributed by atoms with Crippen LogP contribution in [-0.4, -0.2) is 86.9 Å². The van der Waals surface area contributed by atoms with Crippen LogP contribution in [0.1, 0.15) is 39.0 Å². The molecule has 3 saturated heterocycles. The molecule has 3 aliphatic heterocycles. The minimum absolute atomic E-state index is 0.399.